The molecule has 8 heteroatoms. The van der Waals surface area contributed by atoms with Crippen LogP contribution in [-0.4, -0.2) is 33.0 Å². The highest BCUT2D eigenvalue weighted by Crippen LogP contribution is 2.34. The Kier molecular flexibility index (Phi) is 7.26. The summed E-state index contributed by atoms with van der Waals surface area (Å²) < 4.78 is 9.17. The number of fused-ring (bicyclic) bond motifs is 2. The van der Waals surface area contributed by atoms with E-state index in [4.69, 9.17) is 20.6 Å². The molecule has 0 aliphatic heterocycles. The Balaban J connectivity index is 1.77. The van der Waals surface area contributed by atoms with Crippen LogP contribution in [0.15, 0.2) is 70.6 Å². The van der Waals surface area contributed by atoms with E-state index in [0.717, 1.165) is 44.6 Å². The van der Waals surface area contributed by atoms with Crippen LogP contribution in [0.3, 0.4) is 0 Å². The number of carbonyl (C=O) groups is 1. The second-order valence-electron chi connectivity index (χ2n) is 10.2. The minimum absolute atomic E-state index is 0.0479. The van der Waals surface area contributed by atoms with Crippen molar-refractivity contribution in [1.29, 1.82) is 0 Å². The molecular weight excluding hydrogens is 502 g/mol. The van der Waals surface area contributed by atoms with Gasteiger partial charge in [0, 0.05) is 27.7 Å². The lowest BCUT2D eigenvalue weighted by Crippen LogP contribution is -2.21. The molecule has 0 saturated heterocycles. The Hall–Kier alpha value is -4.72. The van der Waals surface area contributed by atoms with E-state index in [1.165, 1.54) is 4.68 Å². The molecule has 0 aliphatic carbocycles. The van der Waals surface area contributed by atoms with E-state index in [0.29, 0.717) is 23.3 Å². The molecule has 0 saturated carbocycles. The normalized spacial score (nSPS) is 11.8. The molecule has 2 aromatic heterocycles. The minimum atomic E-state index is -0.434. The molecule has 0 radical (unpaired) electrons. The third-order valence-electron chi connectivity index (χ3n) is 7.17. The smallest absolute Gasteiger partial charge is 0.282 e. The molecule has 3 aromatic carbocycles. The molecule has 40 heavy (non-hydrogen) atoms. The van der Waals surface area contributed by atoms with E-state index in [1.807, 2.05) is 73.9 Å². The number of hydrogen-bond donors (Lipinski definition) is 1. The van der Waals surface area contributed by atoms with Gasteiger partial charge >= 0.3 is 0 Å². The predicted molar refractivity (Wildman–Crippen MR) is 160 cm³/mol. The molecule has 0 fully saturated rings. The van der Waals surface area contributed by atoms with E-state index in [1.54, 1.807) is 12.3 Å². The number of amides is 1. The van der Waals surface area contributed by atoms with Crippen LogP contribution in [0.5, 0.6) is 5.75 Å². The average molecular weight is 536 g/mol. The minimum Gasteiger partial charge on any atom is -0.494 e. The molecule has 2 heterocycles. The van der Waals surface area contributed by atoms with Gasteiger partial charge in [-0.15, -0.1) is 0 Å². The van der Waals surface area contributed by atoms with E-state index >= 15 is 0 Å². The van der Waals surface area contributed by atoms with E-state index in [9.17, 15) is 9.59 Å². The highest BCUT2D eigenvalue weighted by atomic mass is 16.5. The summed E-state index contributed by atoms with van der Waals surface area (Å²) in [5.74, 6) is 1.04. The fourth-order valence-corrected chi connectivity index (χ4v) is 5.17. The number of nitrogens with zero attached hydrogens (tertiary/aromatic N) is 4. The summed E-state index contributed by atoms with van der Waals surface area (Å²) in [5, 5.41) is 6.12. The second kappa shape index (κ2) is 10.8. The lowest BCUT2D eigenvalue weighted by molar-refractivity contribution is -0.118. The zero-order valence-electron chi connectivity index (χ0n) is 23.4. The van der Waals surface area contributed by atoms with Crippen LogP contribution in [0.4, 0.5) is 0 Å². The first-order chi connectivity index (χ1) is 19.2. The molecule has 0 aliphatic rings. The van der Waals surface area contributed by atoms with Gasteiger partial charge in [0.2, 0.25) is 5.91 Å². The van der Waals surface area contributed by atoms with Crippen LogP contribution in [0, 0.1) is 13.8 Å². The Morgan fingerprint density at radius 3 is 2.48 bits per heavy atom. The van der Waals surface area contributed by atoms with Crippen LogP contribution >= 0.6 is 0 Å². The lowest BCUT2D eigenvalue weighted by atomic mass is 9.96. The first-order valence-electron chi connectivity index (χ1n) is 13.4. The molecule has 5 aromatic rings. The Labute approximate surface area is 232 Å². The van der Waals surface area contributed by atoms with Gasteiger partial charge in [0.1, 0.15) is 12.3 Å². The summed E-state index contributed by atoms with van der Waals surface area (Å²) in [7, 11) is 0. The molecule has 5 rings (SSSR count). The van der Waals surface area contributed by atoms with Gasteiger partial charge in [-0.2, -0.15) is 9.78 Å². The largest absolute Gasteiger partial charge is 0.494 e. The van der Waals surface area contributed by atoms with Crippen molar-refractivity contribution in [3.8, 4) is 17.1 Å². The monoisotopic (exact) mass is 535 g/mol. The number of hydrogen-bond acceptors (Lipinski definition) is 5. The van der Waals surface area contributed by atoms with Crippen molar-refractivity contribution in [2.45, 2.75) is 47.1 Å². The third-order valence-corrected chi connectivity index (χ3v) is 7.17. The van der Waals surface area contributed by atoms with Crippen LogP contribution in [0.25, 0.3) is 33.2 Å². The van der Waals surface area contributed by atoms with Gasteiger partial charge in [-0.25, -0.2) is 4.98 Å². The molecule has 0 bridgehead atoms. The lowest BCUT2D eigenvalue weighted by Gasteiger charge is -2.18. The average Bonchev–Trinajstić information content (AvgIpc) is 3.18. The van der Waals surface area contributed by atoms with Crippen LogP contribution < -0.4 is 16.0 Å². The maximum Gasteiger partial charge on any atom is 0.282 e. The Bertz CT molecular complexity index is 1850. The van der Waals surface area contributed by atoms with Crippen molar-refractivity contribution in [2.24, 2.45) is 10.8 Å². The third kappa shape index (κ3) is 4.77. The fraction of sp³-hybridized carbons (Fsp3) is 0.250. The summed E-state index contributed by atoms with van der Waals surface area (Å²) in [4.78, 5) is 30.6. The molecule has 0 spiro atoms. The molecule has 0 unspecified atom stereocenters. The van der Waals surface area contributed by atoms with E-state index in [-0.39, 0.29) is 18.0 Å². The zero-order valence-corrected chi connectivity index (χ0v) is 23.4. The van der Waals surface area contributed by atoms with Gasteiger partial charge in [-0.1, -0.05) is 44.2 Å². The topological polar surface area (TPSA) is 104 Å². The molecule has 1 amide bonds. The molecule has 8 nitrogen and oxygen atoms in total. The van der Waals surface area contributed by atoms with Gasteiger partial charge in [0.05, 0.1) is 23.7 Å². The van der Waals surface area contributed by atoms with Crippen LogP contribution in [0.1, 0.15) is 49.1 Å². The first kappa shape index (κ1) is 26.9. The summed E-state index contributed by atoms with van der Waals surface area (Å²) in [6.07, 6.45) is 1.67. The number of aromatic nitrogens is 3. The number of nitrogens with two attached hydrogens (primary N) is 1. The molecule has 2 N–H and O–H groups in total. The molecule has 0 atom stereocenters. The number of rotatable bonds is 8. The maximum atomic E-state index is 13.9. The summed E-state index contributed by atoms with van der Waals surface area (Å²) >= 11 is 0. The van der Waals surface area contributed by atoms with Crippen molar-refractivity contribution >= 4 is 33.9 Å². The molecule has 204 valence electrons. The summed E-state index contributed by atoms with van der Waals surface area (Å²) in [6.45, 7) is 10.7. The quantitative estimate of drug-likeness (QED) is 0.264. The van der Waals surface area contributed by atoms with Crippen molar-refractivity contribution < 1.29 is 9.53 Å². The number of ether oxygens (including phenoxy) is 1. The van der Waals surface area contributed by atoms with E-state index < -0.39 is 5.91 Å². The SMILES string of the molecule is CCOc1cc(C)c(-c2nc3ccccc3c(=O)n2N=Cc2c(C)n(CC(N)=O)c3ccccc23)cc1C(C)C. The number of para-hydroxylation sites is 2. The maximum absolute atomic E-state index is 13.9. The van der Waals surface area contributed by atoms with Gasteiger partial charge in [0.15, 0.2) is 5.82 Å². The summed E-state index contributed by atoms with van der Waals surface area (Å²) in [6, 6.07) is 19.1. The standard InChI is InChI=1S/C32H33N5O3/c1-6-40-29-15-20(4)25(16-24(29)19(2)3)31-35-27-13-9-7-12-23(27)32(39)37(31)34-17-26-21(5)36(18-30(33)38)28-14-10-8-11-22(26)28/h7-17,19H,6,18H2,1-5H3,(H2,33,38). The predicted octanol–water partition coefficient (Wildman–Crippen LogP) is 5.52. The van der Waals surface area contributed by atoms with Gasteiger partial charge in [0.25, 0.3) is 5.56 Å². The zero-order chi connectivity index (χ0) is 28.6. The van der Waals surface area contributed by atoms with Crippen molar-refractivity contribution in [3.63, 3.8) is 0 Å². The highest BCUT2D eigenvalue weighted by Gasteiger charge is 2.19. The van der Waals surface area contributed by atoms with Gasteiger partial charge in [-0.05, 0) is 68.1 Å². The Morgan fingerprint density at radius 1 is 1.07 bits per heavy atom. The van der Waals surface area contributed by atoms with Gasteiger partial charge in [-0.3, -0.25) is 9.59 Å². The number of aryl methyl sites for hydroxylation is 1. The Morgan fingerprint density at radius 2 is 1.77 bits per heavy atom. The fourth-order valence-electron chi connectivity index (χ4n) is 5.17. The van der Waals surface area contributed by atoms with Crippen molar-refractivity contribution in [1.82, 2.24) is 14.2 Å². The number of benzene rings is 3. The first-order valence-corrected chi connectivity index (χ1v) is 13.4. The highest BCUT2D eigenvalue weighted by molar-refractivity contribution is 6.01. The summed E-state index contributed by atoms with van der Waals surface area (Å²) in [5.41, 5.74) is 11.1. The number of carbonyl (C=O) groups excluding carboxylic acids is 1. The second-order valence-corrected chi connectivity index (χ2v) is 10.2. The molecular formula is C32H33N5O3. The number of primary amides is 1. The van der Waals surface area contributed by atoms with Crippen molar-refractivity contribution in [2.75, 3.05) is 6.61 Å². The van der Waals surface area contributed by atoms with Crippen LogP contribution in [-0.2, 0) is 11.3 Å². The van der Waals surface area contributed by atoms with Gasteiger partial charge < -0.3 is 15.0 Å². The van der Waals surface area contributed by atoms with Crippen molar-refractivity contribution in [3.05, 3.63) is 93.4 Å². The van der Waals surface area contributed by atoms with E-state index in [2.05, 4.69) is 19.9 Å². The van der Waals surface area contributed by atoms with Crippen LogP contribution in [0.2, 0.25) is 0 Å².